The summed E-state index contributed by atoms with van der Waals surface area (Å²) in [5, 5.41) is 9.20. The highest BCUT2D eigenvalue weighted by molar-refractivity contribution is 5.95. The molecule has 0 aromatic heterocycles. The zero-order chi connectivity index (χ0) is 14.0. The van der Waals surface area contributed by atoms with Crippen LogP contribution < -0.4 is 4.74 Å². The molecule has 0 radical (unpaired) electrons. The number of hydrogen-bond acceptors (Lipinski definition) is 3. The second-order valence-corrected chi connectivity index (χ2v) is 4.71. The van der Waals surface area contributed by atoms with Crippen LogP contribution in [0.15, 0.2) is 18.2 Å². The van der Waals surface area contributed by atoms with Crippen LogP contribution in [0.25, 0.3) is 0 Å². The zero-order valence-corrected chi connectivity index (χ0v) is 10.9. The lowest BCUT2D eigenvalue weighted by molar-refractivity contribution is 0.0493. The van der Waals surface area contributed by atoms with Gasteiger partial charge in [0.2, 0.25) is 0 Å². The summed E-state index contributed by atoms with van der Waals surface area (Å²) in [6.45, 7) is 0. The molecule has 1 aliphatic rings. The van der Waals surface area contributed by atoms with Crippen LogP contribution in [0.4, 0.5) is 4.39 Å². The molecule has 0 bridgehead atoms. The Labute approximate surface area is 111 Å². The van der Waals surface area contributed by atoms with Gasteiger partial charge in [0.1, 0.15) is 17.1 Å². The van der Waals surface area contributed by atoms with Gasteiger partial charge in [-0.25, -0.2) is 4.39 Å². The number of benzene rings is 1. The van der Waals surface area contributed by atoms with Crippen molar-refractivity contribution in [2.24, 2.45) is 0 Å². The lowest BCUT2D eigenvalue weighted by Gasteiger charge is -2.42. The molecule has 4 nitrogen and oxygen atoms in total. The average molecular weight is 262 g/mol. The highest BCUT2D eigenvalue weighted by Gasteiger charge is 2.44. The summed E-state index contributed by atoms with van der Waals surface area (Å²) >= 11 is 0. The second-order valence-electron chi connectivity index (χ2n) is 4.71. The Morgan fingerprint density at radius 3 is 2.63 bits per heavy atom. The van der Waals surface area contributed by atoms with Crippen molar-refractivity contribution in [1.29, 1.82) is 5.26 Å². The minimum atomic E-state index is -0.774. The SMILES string of the molecule is COc1ccc(C(=O)N(C)C2(C#N)CCC2)c(F)c1. The standard InChI is InChI=1S/C14H15FN2O2/c1-17(14(9-16)6-3-7-14)13(18)11-5-4-10(19-2)8-12(11)15/h4-5,8H,3,6-7H2,1-2H3. The van der Waals surface area contributed by atoms with Gasteiger partial charge in [0.25, 0.3) is 5.91 Å². The van der Waals surface area contributed by atoms with Gasteiger partial charge in [-0.05, 0) is 31.4 Å². The molecule has 0 aliphatic heterocycles. The van der Waals surface area contributed by atoms with Gasteiger partial charge >= 0.3 is 0 Å². The number of nitrogens with zero attached hydrogens (tertiary/aromatic N) is 2. The van der Waals surface area contributed by atoms with E-state index in [1.165, 1.54) is 30.2 Å². The normalized spacial score (nSPS) is 16.1. The Balaban J connectivity index is 2.27. The summed E-state index contributed by atoms with van der Waals surface area (Å²) in [7, 11) is 2.98. The van der Waals surface area contributed by atoms with E-state index in [9.17, 15) is 14.4 Å². The highest BCUT2D eigenvalue weighted by Crippen LogP contribution is 2.37. The van der Waals surface area contributed by atoms with Crippen molar-refractivity contribution in [3.05, 3.63) is 29.6 Å². The van der Waals surface area contributed by atoms with Crippen LogP contribution in [0.1, 0.15) is 29.6 Å². The van der Waals surface area contributed by atoms with Gasteiger partial charge in [-0.1, -0.05) is 0 Å². The molecule has 1 aromatic rings. The average Bonchev–Trinajstić information content (AvgIpc) is 2.37. The van der Waals surface area contributed by atoms with Crippen molar-refractivity contribution in [2.45, 2.75) is 24.8 Å². The van der Waals surface area contributed by atoms with Crippen molar-refractivity contribution < 1.29 is 13.9 Å². The predicted molar refractivity (Wildman–Crippen MR) is 67.2 cm³/mol. The van der Waals surface area contributed by atoms with Crippen LogP contribution in [0.3, 0.4) is 0 Å². The largest absolute Gasteiger partial charge is 0.497 e. The first-order valence-electron chi connectivity index (χ1n) is 6.07. The fourth-order valence-electron chi connectivity index (χ4n) is 2.21. The molecule has 1 aliphatic carbocycles. The minimum absolute atomic E-state index is 0.0372. The molecule has 5 heteroatoms. The number of carbonyl (C=O) groups is 1. The van der Waals surface area contributed by atoms with Gasteiger partial charge in [-0.2, -0.15) is 5.26 Å². The van der Waals surface area contributed by atoms with Crippen LogP contribution >= 0.6 is 0 Å². The summed E-state index contributed by atoms with van der Waals surface area (Å²) in [6.07, 6.45) is 2.20. The van der Waals surface area contributed by atoms with Crippen LogP contribution in [0.5, 0.6) is 5.75 Å². The summed E-state index contributed by atoms with van der Waals surface area (Å²) < 4.78 is 18.7. The fraction of sp³-hybridized carbons (Fsp3) is 0.429. The molecular weight excluding hydrogens is 247 g/mol. The first kappa shape index (κ1) is 13.3. The summed E-state index contributed by atoms with van der Waals surface area (Å²) in [4.78, 5) is 13.6. The molecule has 100 valence electrons. The van der Waals surface area contributed by atoms with Crippen molar-refractivity contribution >= 4 is 5.91 Å². The number of halogens is 1. The van der Waals surface area contributed by atoms with Gasteiger partial charge in [-0.3, -0.25) is 4.79 Å². The number of nitriles is 1. The summed E-state index contributed by atoms with van der Waals surface area (Å²) in [6, 6.07) is 6.25. The number of hydrogen-bond donors (Lipinski definition) is 0. The third kappa shape index (κ3) is 2.14. The molecule has 1 aromatic carbocycles. The van der Waals surface area contributed by atoms with Crippen molar-refractivity contribution in [3.63, 3.8) is 0 Å². The van der Waals surface area contributed by atoms with Gasteiger partial charge < -0.3 is 9.64 Å². The van der Waals surface area contributed by atoms with Crippen LogP contribution in [-0.2, 0) is 0 Å². The topological polar surface area (TPSA) is 53.3 Å². The summed E-state index contributed by atoms with van der Waals surface area (Å²) in [5.74, 6) is -0.750. The predicted octanol–water partition coefficient (Wildman–Crippen LogP) is 2.35. The van der Waals surface area contributed by atoms with E-state index in [0.29, 0.717) is 18.6 Å². The lowest BCUT2D eigenvalue weighted by Crippen LogP contribution is -2.53. The molecule has 0 atom stereocenters. The smallest absolute Gasteiger partial charge is 0.257 e. The quantitative estimate of drug-likeness (QED) is 0.840. The van der Waals surface area contributed by atoms with Crippen LogP contribution in [0.2, 0.25) is 0 Å². The first-order chi connectivity index (χ1) is 9.04. The number of carbonyl (C=O) groups excluding carboxylic acids is 1. The van der Waals surface area contributed by atoms with E-state index in [1.807, 2.05) is 0 Å². The maximum absolute atomic E-state index is 13.9. The molecule has 2 rings (SSSR count). The molecule has 1 fully saturated rings. The van der Waals surface area contributed by atoms with Gasteiger partial charge in [0.05, 0.1) is 18.7 Å². The number of ether oxygens (including phenoxy) is 1. The van der Waals surface area contributed by atoms with E-state index in [0.717, 1.165) is 6.42 Å². The monoisotopic (exact) mass is 262 g/mol. The highest BCUT2D eigenvalue weighted by atomic mass is 19.1. The Bertz CT molecular complexity index is 547. The minimum Gasteiger partial charge on any atom is -0.497 e. The third-order valence-corrected chi connectivity index (χ3v) is 3.74. The molecule has 1 saturated carbocycles. The van der Waals surface area contributed by atoms with E-state index >= 15 is 0 Å². The van der Waals surface area contributed by atoms with Gasteiger partial charge in [0.15, 0.2) is 0 Å². The fourth-order valence-corrected chi connectivity index (χ4v) is 2.21. The van der Waals surface area contributed by atoms with Gasteiger partial charge in [0, 0.05) is 13.1 Å². The second kappa shape index (κ2) is 4.88. The maximum atomic E-state index is 13.9. The number of amides is 1. The van der Waals surface area contributed by atoms with E-state index in [2.05, 4.69) is 6.07 Å². The first-order valence-corrected chi connectivity index (χ1v) is 6.07. The van der Waals surface area contributed by atoms with E-state index in [4.69, 9.17) is 4.74 Å². The molecule has 0 heterocycles. The zero-order valence-electron chi connectivity index (χ0n) is 10.9. The maximum Gasteiger partial charge on any atom is 0.257 e. The van der Waals surface area contributed by atoms with Crippen molar-refractivity contribution in [2.75, 3.05) is 14.2 Å². The molecule has 0 N–H and O–H groups in total. The number of rotatable bonds is 3. The third-order valence-electron chi connectivity index (χ3n) is 3.74. The van der Waals surface area contributed by atoms with E-state index < -0.39 is 17.3 Å². The van der Waals surface area contributed by atoms with E-state index in [1.54, 1.807) is 7.05 Å². The van der Waals surface area contributed by atoms with Crippen molar-refractivity contribution in [3.8, 4) is 11.8 Å². The molecule has 0 saturated heterocycles. The summed E-state index contributed by atoms with van der Waals surface area (Å²) in [5.41, 5.74) is -0.812. The Kier molecular flexibility index (Phi) is 3.43. The molecule has 1 amide bonds. The van der Waals surface area contributed by atoms with Crippen molar-refractivity contribution in [1.82, 2.24) is 4.90 Å². The van der Waals surface area contributed by atoms with Crippen LogP contribution in [0, 0.1) is 17.1 Å². The Morgan fingerprint density at radius 2 is 2.21 bits per heavy atom. The Morgan fingerprint density at radius 1 is 1.53 bits per heavy atom. The molecule has 0 spiro atoms. The van der Waals surface area contributed by atoms with Crippen LogP contribution in [-0.4, -0.2) is 30.5 Å². The molecule has 0 unspecified atom stereocenters. The van der Waals surface area contributed by atoms with E-state index in [-0.39, 0.29) is 5.56 Å². The molecule has 19 heavy (non-hydrogen) atoms. The lowest BCUT2D eigenvalue weighted by atomic mass is 9.76. The molecular formula is C14H15FN2O2. The Hall–Kier alpha value is -2.09. The number of methoxy groups -OCH3 is 1. The van der Waals surface area contributed by atoms with Gasteiger partial charge in [-0.15, -0.1) is 0 Å².